The molecule has 0 radical (unpaired) electrons. The highest BCUT2D eigenvalue weighted by Crippen LogP contribution is 2.45. The molecule has 0 spiro atoms. The molecule has 1 heterocycles. The van der Waals surface area contributed by atoms with E-state index in [1.165, 1.54) is 12.1 Å². The number of Topliss-reactive ketones (excluding diaryl/α,β-unsaturated/α-hetero) is 1. The van der Waals surface area contributed by atoms with E-state index in [0.717, 1.165) is 11.3 Å². The molecule has 2 atom stereocenters. The molecular weight excluding hydrogens is 457 g/mol. The number of benzene rings is 2. The van der Waals surface area contributed by atoms with Crippen molar-refractivity contribution in [2.75, 3.05) is 19.8 Å². The predicted octanol–water partition coefficient (Wildman–Crippen LogP) is 5.42. The second-order valence-corrected chi connectivity index (χ2v) is 8.89. The maximum absolute atomic E-state index is 13.7. The molecule has 7 heteroatoms. The Kier molecular flexibility index (Phi) is 7.49. The minimum absolute atomic E-state index is 0.00243. The molecule has 4 rings (SSSR count). The lowest BCUT2D eigenvalue weighted by atomic mass is 9.72. The van der Waals surface area contributed by atoms with Crippen LogP contribution >= 0.6 is 11.6 Å². The highest BCUT2D eigenvalue weighted by molar-refractivity contribution is 6.30. The summed E-state index contributed by atoms with van der Waals surface area (Å²) in [7, 11) is 0. The summed E-state index contributed by atoms with van der Waals surface area (Å²) >= 11 is 6.03. The lowest BCUT2D eigenvalue weighted by Gasteiger charge is -2.36. The van der Waals surface area contributed by atoms with Crippen LogP contribution in [-0.2, 0) is 19.1 Å². The largest absolute Gasteiger partial charge is 0.460 e. The van der Waals surface area contributed by atoms with E-state index in [4.69, 9.17) is 21.1 Å². The summed E-state index contributed by atoms with van der Waals surface area (Å²) in [4.78, 5) is 26.6. The summed E-state index contributed by atoms with van der Waals surface area (Å²) < 4.78 is 24.4. The molecular formula is C27H27ClFNO4. The molecule has 1 aliphatic carbocycles. The third-order valence-electron chi connectivity index (χ3n) is 6.26. The first-order chi connectivity index (χ1) is 16.4. The molecule has 2 aliphatic rings. The fourth-order valence-electron chi connectivity index (χ4n) is 4.68. The minimum atomic E-state index is -0.630. The van der Waals surface area contributed by atoms with Gasteiger partial charge in [0.1, 0.15) is 12.4 Å². The van der Waals surface area contributed by atoms with Crippen molar-refractivity contribution in [3.05, 3.63) is 93.0 Å². The summed E-state index contributed by atoms with van der Waals surface area (Å²) in [6.45, 7) is 4.59. The van der Waals surface area contributed by atoms with Crippen molar-refractivity contribution in [2.45, 2.75) is 38.5 Å². The molecule has 0 saturated carbocycles. The molecule has 34 heavy (non-hydrogen) atoms. The third-order valence-corrected chi connectivity index (χ3v) is 6.51. The van der Waals surface area contributed by atoms with Gasteiger partial charge in [0.2, 0.25) is 0 Å². The molecule has 2 aromatic carbocycles. The number of halogens is 2. The van der Waals surface area contributed by atoms with E-state index in [0.29, 0.717) is 53.5 Å². The molecule has 2 aromatic rings. The van der Waals surface area contributed by atoms with Crippen LogP contribution in [0.2, 0.25) is 5.02 Å². The summed E-state index contributed by atoms with van der Waals surface area (Å²) in [6.07, 6.45) is 0.927. The smallest absolute Gasteiger partial charge is 0.336 e. The first-order valence-corrected chi connectivity index (χ1v) is 11.8. The number of nitrogens with one attached hydrogen (secondary N) is 1. The monoisotopic (exact) mass is 483 g/mol. The molecule has 1 N–H and O–H groups in total. The van der Waals surface area contributed by atoms with Crippen LogP contribution in [0, 0.1) is 5.82 Å². The van der Waals surface area contributed by atoms with Crippen LogP contribution in [0.3, 0.4) is 0 Å². The molecule has 0 amide bonds. The van der Waals surface area contributed by atoms with Crippen LogP contribution in [0.25, 0.3) is 0 Å². The van der Waals surface area contributed by atoms with E-state index in [2.05, 4.69) is 5.32 Å². The Hall–Kier alpha value is -2.96. The van der Waals surface area contributed by atoms with Gasteiger partial charge in [-0.1, -0.05) is 35.9 Å². The second-order valence-electron chi connectivity index (χ2n) is 8.45. The van der Waals surface area contributed by atoms with Crippen molar-refractivity contribution in [1.29, 1.82) is 0 Å². The predicted molar refractivity (Wildman–Crippen MR) is 128 cm³/mol. The lowest BCUT2D eigenvalue weighted by molar-refractivity contribution is -0.140. The van der Waals surface area contributed by atoms with E-state index in [1.54, 1.807) is 19.1 Å². The van der Waals surface area contributed by atoms with Gasteiger partial charge >= 0.3 is 5.97 Å². The van der Waals surface area contributed by atoms with Crippen LogP contribution in [0.4, 0.5) is 4.39 Å². The quantitative estimate of drug-likeness (QED) is 0.421. The Labute approximate surface area is 203 Å². The number of esters is 1. The number of ether oxygens (including phenoxy) is 2. The summed E-state index contributed by atoms with van der Waals surface area (Å²) in [6, 6.07) is 13.4. The molecule has 1 aliphatic heterocycles. The van der Waals surface area contributed by atoms with Gasteiger partial charge in [-0.15, -0.1) is 0 Å². The van der Waals surface area contributed by atoms with Gasteiger partial charge in [-0.25, -0.2) is 9.18 Å². The van der Waals surface area contributed by atoms with Gasteiger partial charge in [-0.05, 0) is 61.6 Å². The number of dihydropyridines is 1. The molecule has 0 unspecified atom stereocenters. The van der Waals surface area contributed by atoms with Crippen molar-refractivity contribution in [1.82, 2.24) is 5.32 Å². The Bertz CT molecular complexity index is 1140. The number of carbonyl (C=O) groups excluding carboxylic acids is 2. The summed E-state index contributed by atoms with van der Waals surface area (Å²) in [5.74, 6) is -1.58. The third kappa shape index (κ3) is 5.08. The first kappa shape index (κ1) is 24.2. The number of carbonyl (C=O) groups is 2. The Balaban J connectivity index is 1.70. The van der Waals surface area contributed by atoms with Crippen LogP contribution in [-0.4, -0.2) is 31.6 Å². The normalized spacial score (nSPS) is 20.2. The highest BCUT2D eigenvalue weighted by Gasteiger charge is 2.41. The van der Waals surface area contributed by atoms with Crippen molar-refractivity contribution >= 4 is 23.4 Å². The van der Waals surface area contributed by atoms with Gasteiger partial charge < -0.3 is 14.8 Å². The van der Waals surface area contributed by atoms with E-state index < -0.39 is 11.9 Å². The van der Waals surface area contributed by atoms with Gasteiger partial charge in [0.15, 0.2) is 5.78 Å². The van der Waals surface area contributed by atoms with E-state index in [9.17, 15) is 14.0 Å². The topological polar surface area (TPSA) is 64.6 Å². The van der Waals surface area contributed by atoms with Gasteiger partial charge in [0.05, 0.1) is 12.2 Å². The van der Waals surface area contributed by atoms with Crippen molar-refractivity contribution in [3.8, 4) is 0 Å². The second kappa shape index (κ2) is 10.5. The van der Waals surface area contributed by atoms with Crippen molar-refractivity contribution in [2.24, 2.45) is 0 Å². The van der Waals surface area contributed by atoms with E-state index in [1.807, 2.05) is 31.2 Å². The average molecular weight is 484 g/mol. The van der Waals surface area contributed by atoms with Gasteiger partial charge in [0, 0.05) is 40.9 Å². The molecule has 0 fully saturated rings. The van der Waals surface area contributed by atoms with Crippen LogP contribution < -0.4 is 5.32 Å². The molecule has 0 bridgehead atoms. The van der Waals surface area contributed by atoms with Crippen LogP contribution in [0.1, 0.15) is 49.7 Å². The molecule has 5 nitrogen and oxygen atoms in total. The Morgan fingerprint density at radius 3 is 2.41 bits per heavy atom. The number of rotatable bonds is 7. The maximum Gasteiger partial charge on any atom is 0.336 e. The Morgan fingerprint density at radius 1 is 1.06 bits per heavy atom. The van der Waals surface area contributed by atoms with Crippen molar-refractivity contribution in [3.63, 3.8) is 0 Å². The standard InChI is InChI=1S/C27H27ClFNO4/c1-3-33-12-13-34-27(32)24-16(2)30-22-14-19(17-4-8-20(28)9-5-17)15-23(31)26(22)25(24)18-6-10-21(29)11-7-18/h4-11,19,25,30H,3,12-15H2,1-2H3/t19-,25+/m0/s1. The zero-order valence-corrected chi connectivity index (χ0v) is 20.0. The van der Waals surface area contributed by atoms with Crippen LogP contribution in [0.15, 0.2) is 71.1 Å². The number of hydrogen-bond donors (Lipinski definition) is 1. The number of hydrogen-bond acceptors (Lipinski definition) is 5. The number of ketones is 1. The highest BCUT2D eigenvalue weighted by atomic mass is 35.5. The zero-order valence-electron chi connectivity index (χ0n) is 19.2. The van der Waals surface area contributed by atoms with Gasteiger partial charge in [-0.3, -0.25) is 4.79 Å². The molecule has 0 saturated heterocycles. The first-order valence-electron chi connectivity index (χ1n) is 11.4. The van der Waals surface area contributed by atoms with E-state index >= 15 is 0 Å². The fourth-order valence-corrected chi connectivity index (χ4v) is 4.81. The SMILES string of the molecule is CCOCCOC(=O)C1=C(C)NC2=C(C(=O)C[C@@H](c3ccc(Cl)cc3)C2)[C@@H]1c1ccc(F)cc1. The van der Waals surface area contributed by atoms with E-state index in [-0.39, 0.29) is 24.1 Å². The molecule has 0 aromatic heterocycles. The lowest BCUT2D eigenvalue weighted by Crippen LogP contribution is -2.36. The van der Waals surface area contributed by atoms with Crippen LogP contribution in [0.5, 0.6) is 0 Å². The van der Waals surface area contributed by atoms with Gasteiger partial charge in [0.25, 0.3) is 0 Å². The number of allylic oxidation sites excluding steroid dienone is 3. The maximum atomic E-state index is 13.7. The van der Waals surface area contributed by atoms with Gasteiger partial charge in [-0.2, -0.15) is 0 Å². The van der Waals surface area contributed by atoms with Crippen molar-refractivity contribution < 1.29 is 23.5 Å². The Morgan fingerprint density at radius 2 is 1.74 bits per heavy atom. The average Bonchev–Trinajstić information content (AvgIpc) is 2.81. The summed E-state index contributed by atoms with van der Waals surface area (Å²) in [5.41, 5.74) is 4.02. The zero-order chi connectivity index (χ0) is 24.2. The minimum Gasteiger partial charge on any atom is -0.460 e. The fraction of sp³-hybridized carbons (Fsp3) is 0.333. The molecule has 178 valence electrons. The summed E-state index contributed by atoms with van der Waals surface area (Å²) in [5, 5.41) is 3.95.